The Morgan fingerprint density at radius 3 is 2.44 bits per heavy atom. The van der Waals surface area contributed by atoms with E-state index in [4.69, 9.17) is 0 Å². The summed E-state index contributed by atoms with van der Waals surface area (Å²) in [6, 6.07) is 2.57. The average Bonchev–Trinajstić information content (AvgIpc) is 3.22. The number of halogens is 1. The minimum absolute atomic E-state index is 0.204. The van der Waals surface area contributed by atoms with Crippen LogP contribution in [0, 0.1) is 37.4 Å². The Morgan fingerprint density at radius 2 is 1.81 bits per heavy atom. The molecule has 8 heteroatoms. The van der Waals surface area contributed by atoms with Gasteiger partial charge in [-0.3, -0.25) is 14.4 Å². The molecule has 0 spiro atoms. The molecule has 2 amide bonds. The number of carbonyl (C=O) groups excluding carboxylic acids is 3. The standard InChI is InChI=1S/C24H27FN4O3/c1-12-19(22(31)27-18-5-4-17(25)11-26-18)13(2)29(3)20(12)21(30)23(32)28-24-9-14-6-15(10-24)8-16(24)7-14/h4-5,11,14-16H,6-10H2,1-3H3,(H,28,32)(H,26,27,31). The average molecular weight is 439 g/mol. The van der Waals surface area contributed by atoms with Gasteiger partial charge in [-0.05, 0) is 81.4 Å². The molecule has 4 aliphatic rings. The third-order valence-corrected chi connectivity index (χ3v) is 7.90. The van der Waals surface area contributed by atoms with E-state index in [2.05, 4.69) is 15.6 Å². The maximum atomic E-state index is 13.2. The van der Waals surface area contributed by atoms with Crippen LogP contribution in [0.2, 0.25) is 0 Å². The van der Waals surface area contributed by atoms with E-state index in [0.717, 1.165) is 31.9 Å². The molecule has 2 unspecified atom stereocenters. The van der Waals surface area contributed by atoms with Crippen molar-refractivity contribution in [2.24, 2.45) is 24.8 Å². The lowest BCUT2D eigenvalue weighted by Crippen LogP contribution is -2.51. The molecule has 4 saturated carbocycles. The van der Waals surface area contributed by atoms with Crippen molar-refractivity contribution in [3.8, 4) is 0 Å². The highest BCUT2D eigenvalue weighted by atomic mass is 19.1. The molecule has 0 saturated heterocycles. The lowest BCUT2D eigenvalue weighted by atomic mass is 9.80. The van der Waals surface area contributed by atoms with Gasteiger partial charge in [0.1, 0.15) is 11.6 Å². The largest absolute Gasteiger partial charge is 0.344 e. The van der Waals surface area contributed by atoms with Crippen molar-refractivity contribution in [2.45, 2.75) is 51.5 Å². The van der Waals surface area contributed by atoms with E-state index in [1.54, 1.807) is 25.5 Å². The minimum Gasteiger partial charge on any atom is -0.344 e. The quantitative estimate of drug-likeness (QED) is 0.553. The number of hydrogen-bond acceptors (Lipinski definition) is 4. The van der Waals surface area contributed by atoms with Gasteiger partial charge in [0.25, 0.3) is 17.6 Å². The smallest absolute Gasteiger partial charge is 0.294 e. The lowest BCUT2D eigenvalue weighted by Gasteiger charge is -2.33. The normalized spacial score (nSPS) is 27.6. The molecular weight excluding hydrogens is 411 g/mol. The summed E-state index contributed by atoms with van der Waals surface area (Å²) in [6.07, 6.45) is 6.50. The second-order valence-corrected chi connectivity index (χ2v) is 9.79. The zero-order valence-corrected chi connectivity index (χ0v) is 18.5. The highest BCUT2D eigenvalue weighted by Crippen LogP contribution is 2.60. The monoisotopic (exact) mass is 438 g/mol. The Morgan fingerprint density at radius 1 is 1.12 bits per heavy atom. The zero-order chi connectivity index (χ0) is 22.8. The van der Waals surface area contributed by atoms with Crippen LogP contribution in [-0.2, 0) is 11.8 Å². The number of nitrogens with one attached hydrogen (secondary N) is 2. The Kier molecular flexibility index (Phi) is 4.72. The van der Waals surface area contributed by atoms with Crippen molar-refractivity contribution in [3.05, 3.63) is 46.7 Å². The van der Waals surface area contributed by atoms with Gasteiger partial charge in [-0.1, -0.05) is 0 Å². The first kappa shape index (κ1) is 20.8. The van der Waals surface area contributed by atoms with Crippen molar-refractivity contribution in [2.75, 3.05) is 5.32 Å². The predicted octanol–water partition coefficient (Wildman–Crippen LogP) is 3.31. The second-order valence-electron chi connectivity index (χ2n) is 9.79. The van der Waals surface area contributed by atoms with Crippen LogP contribution in [0.1, 0.15) is 64.2 Å². The highest BCUT2D eigenvalue weighted by Gasteiger charge is 2.58. The van der Waals surface area contributed by atoms with Gasteiger partial charge in [0.2, 0.25) is 0 Å². The van der Waals surface area contributed by atoms with Crippen molar-refractivity contribution in [1.29, 1.82) is 0 Å². The number of aromatic nitrogens is 2. The minimum atomic E-state index is -0.618. The summed E-state index contributed by atoms with van der Waals surface area (Å²) in [4.78, 5) is 43.0. The predicted molar refractivity (Wildman–Crippen MR) is 116 cm³/mol. The van der Waals surface area contributed by atoms with Crippen LogP contribution < -0.4 is 10.6 Å². The molecule has 4 aliphatic carbocycles. The molecule has 0 radical (unpaired) electrons. The molecule has 0 aliphatic heterocycles. The van der Waals surface area contributed by atoms with E-state index in [1.807, 2.05) is 0 Å². The molecular formula is C24H27FN4O3. The molecule has 2 atom stereocenters. The molecule has 4 fully saturated rings. The Hall–Kier alpha value is -3.03. The van der Waals surface area contributed by atoms with Gasteiger partial charge in [-0.2, -0.15) is 0 Å². The van der Waals surface area contributed by atoms with Crippen molar-refractivity contribution in [3.63, 3.8) is 0 Å². The number of nitrogens with zero attached hydrogens (tertiary/aromatic N) is 2. The van der Waals surface area contributed by atoms with E-state index in [1.165, 1.54) is 18.6 Å². The van der Waals surface area contributed by atoms with E-state index in [-0.39, 0.29) is 17.1 Å². The SMILES string of the molecule is Cc1c(C(=O)Nc2ccc(F)cn2)c(C)n(C)c1C(=O)C(=O)NC12CC3CC(CC1C3)C2. The highest BCUT2D eigenvalue weighted by molar-refractivity contribution is 6.43. The molecule has 32 heavy (non-hydrogen) atoms. The number of anilines is 1. The van der Waals surface area contributed by atoms with Gasteiger partial charge in [-0.25, -0.2) is 9.37 Å². The molecule has 2 aromatic heterocycles. The molecule has 2 heterocycles. The number of ketones is 1. The van der Waals surface area contributed by atoms with E-state index in [9.17, 15) is 18.8 Å². The summed E-state index contributed by atoms with van der Waals surface area (Å²) in [7, 11) is 1.68. The molecule has 2 aromatic rings. The Balaban J connectivity index is 1.38. The second kappa shape index (κ2) is 7.25. The zero-order valence-electron chi connectivity index (χ0n) is 18.5. The third-order valence-electron chi connectivity index (χ3n) is 7.90. The van der Waals surface area contributed by atoms with E-state index >= 15 is 0 Å². The van der Waals surface area contributed by atoms with Crippen LogP contribution in [0.15, 0.2) is 18.3 Å². The van der Waals surface area contributed by atoms with Gasteiger partial charge >= 0.3 is 0 Å². The van der Waals surface area contributed by atoms with Crippen LogP contribution in [0.3, 0.4) is 0 Å². The topological polar surface area (TPSA) is 93.1 Å². The van der Waals surface area contributed by atoms with E-state index in [0.29, 0.717) is 34.6 Å². The molecule has 7 nitrogen and oxygen atoms in total. The van der Waals surface area contributed by atoms with Crippen LogP contribution >= 0.6 is 0 Å². The van der Waals surface area contributed by atoms with Crippen molar-refractivity contribution in [1.82, 2.24) is 14.9 Å². The number of pyridine rings is 1. The molecule has 0 aromatic carbocycles. The lowest BCUT2D eigenvalue weighted by molar-refractivity contribution is -0.119. The molecule has 4 bridgehead atoms. The summed E-state index contributed by atoms with van der Waals surface area (Å²) in [5, 5.41) is 5.75. The number of amides is 2. The van der Waals surface area contributed by atoms with Crippen LogP contribution in [0.25, 0.3) is 0 Å². The number of rotatable bonds is 5. The van der Waals surface area contributed by atoms with Gasteiger partial charge in [0.05, 0.1) is 17.5 Å². The van der Waals surface area contributed by atoms with Crippen LogP contribution in [0.4, 0.5) is 10.2 Å². The van der Waals surface area contributed by atoms with Crippen LogP contribution in [0.5, 0.6) is 0 Å². The molecule has 168 valence electrons. The maximum Gasteiger partial charge on any atom is 0.294 e. The van der Waals surface area contributed by atoms with Gasteiger partial charge < -0.3 is 15.2 Å². The maximum absolute atomic E-state index is 13.2. The Labute approximate surface area is 185 Å². The van der Waals surface area contributed by atoms with Gasteiger partial charge in [0, 0.05) is 18.3 Å². The molecule has 6 rings (SSSR count). The fourth-order valence-corrected chi connectivity index (χ4v) is 6.65. The Bertz CT molecular complexity index is 1120. The summed E-state index contributed by atoms with van der Waals surface area (Å²) in [5.74, 6) is -0.159. The third kappa shape index (κ3) is 3.15. The number of hydrogen-bond donors (Lipinski definition) is 2. The van der Waals surface area contributed by atoms with Crippen LogP contribution in [-0.4, -0.2) is 32.7 Å². The first-order valence-electron chi connectivity index (χ1n) is 11.1. The van der Waals surface area contributed by atoms with E-state index < -0.39 is 23.4 Å². The fraction of sp³-hybridized carbons (Fsp3) is 0.500. The summed E-state index contributed by atoms with van der Waals surface area (Å²) < 4.78 is 14.7. The summed E-state index contributed by atoms with van der Waals surface area (Å²) >= 11 is 0. The number of carbonyl (C=O) groups is 3. The first-order valence-corrected chi connectivity index (χ1v) is 11.1. The number of Topliss-reactive ketones (excluding diaryl/α,β-unsaturated/α-hetero) is 1. The van der Waals surface area contributed by atoms with Gasteiger partial charge in [-0.15, -0.1) is 0 Å². The molecule has 2 N–H and O–H groups in total. The summed E-state index contributed by atoms with van der Waals surface area (Å²) in [6.45, 7) is 3.40. The fourth-order valence-electron chi connectivity index (χ4n) is 6.65. The summed E-state index contributed by atoms with van der Waals surface area (Å²) in [5.41, 5.74) is 1.31. The van der Waals surface area contributed by atoms with Crippen molar-refractivity contribution >= 4 is 23.4 Å². The van der Waals surface area contributed by atoms with Gasteiger partial charge in [0.15, 0.2) is 0 Å². The van der Waals surface area contributed by atoms with Crippen molar-refractivity contribution < 1.29 is 18.8 Å². The first-order chi connectivity index (χ1) is 15.2.